The van der Waals surface area contributed by atoms with Crippen LogP contribution in [0.4, 0.5) is 18.9 Å². The van der Waals surface area contributed by atoms with Gasteiger partial charge in [0.1, 0.15) is 11.4 Å². The molecule has 0 aliphatic carbocycles. The zero-order chi connectivity index (χ0) is 22.8. The summed E-state index contributed by atoms with van der Waals surface area (Å²) >= 11 is 6.23. The van der Waals surface area contributed by atoms with Crippen LogP contribution in [0.1, 0.15) is 21.6 Å². The SMILES string of the molecule is COc1ccccc1N(C)C(=O)c1ccc(Cl)c(-c2cnc(C(F)(F)F)cc2C#N)c1. The number of rotatable bonds is 4. The lowest BCUT2D eigenvalue weighted by atomic mass is 9.99. The number of anilines is 1. The molecule has 0 N–H and O–H groups in total. The summed E-state index contributed by atoms with van der Waals surface area (Å²) in [4.78, 5) is 17.8. The Labute approximate surface area is 181 Å². The summed E-state index contributed by atoms with van der Waals surface area (Å²) in [5, 5.41) is 9.52. The highest BCUT2D eigenvalue weighted by molar-refractivity contribution is 6.33. The second kappa shape index (κ2) is 8.66. The molecule has 0 aliphatic heterocycles. The third-order valence-corrected chi connectivity index (χ3v) is 4.90. The molecule has 0 unspecified atom stereocenters. The van der Waals surface area contributed by atoms with Gasteiger partial charge in [0.15, 0.2) is 0 Å². The van der Waals surface area contributed by atoms with Crippen molar-refractivity contribution < 1.29 is 22.7 Å². The molecule has 1 aromatic heterocycles. The summed E-state index contributed by atoms with van der Waals surface area (Å²) in [6.07, 6.45) is -3.76. The molecule has 1 heterocycles. The third-order valence-electron chi connectivity index (χ3n) is 4.57. The first-order valence-corrected chi connectivity index (χ1v) is 9.23. The second-order valence-electron chi connectivity index (χ2n) is 6.46. The van der Waals surface area contributed by atoms with E-state index in [1.165, 1.54) is 30.2 Å². The molecule has 0 radical (unpaired) electrons. The first-order chi connectivity index (χ1) is 14.7. The van der Waals surface area contributed by atoms with Crippen LogP contribution in [0.15, 0.2) is 54.7 Å². The largest absolute Gasteiger partial charge is 0.495 e. The molecular weight excluding hydrogens is 431 g/mol. The van der Waals surface area contributed by atoms with Gasteiger partial charge in [0, 0.05) is 35.0 Å². The number of ether oxygens (including phenoxy) is 1. The number of para-hydroxylation sites is 2. The normalized spacial score (nSPS) is 11.0. The Bertz CT molecular complexity index is 1190. The van der Waals surface area contributed by atoms with Crippen molar-refractivity contribution in [1.29, 1.82) is 5.26 Å². The van der Waals surface area contributed by atoms with E-state index in [0.717, 1.165) is 6.20 Å². The van der Waals surface area contributed by atoms with Crippen molar-refractivity contribution in [1.82, 2.24) is 4.98 Å². The van der Waals surface area contributed by atoms with Gasteiger partial charge >= 0.3 is 6.18 Å². The average molecular weight is 446 g/mol. The Morgan fingerprint density at radius 3 is 2.52 bits per heavy atom. The van der Waals surface area contributed by atoms with Crippen molar-refractivity contribution in [3.63, 3.8) is 0 Å². The van der Waals surface area contributed by atoms with Crippen LogP contribution in [0.5, 0.6) is 5.75 Å². The number of hydrogen-bond acceptors (Lipinski definition) is 4. The van der Waals surface area contributed by atoms with Gasteiger partial charge in [0.25, 0.3) is 5.91 Å². The Morgan fingerprint density at radius 2 is 1.87 bits per heavy atom. The third kappa shape index (κ3) is 4.47. The summed E-state index contributed by atoms with van der Waals surface area (Å²) < 4.78 is 44.1. The lowest BCUT2D eigenvalue weighted by molar-refractivity contribution is -0.141. The van der Waals surface area contributed by atoms with Crippen molar-refractivity contribution in [2.75, 3.05) is 19.1 Å². The van der Waals surface area contributed by atoms with Crippen LogP contribution in [0.3, 0.4) is 0 Å². The summed E-state index contributed by atoms with van der Waals surface area (Å²) in [6, 6.07) is 13.7. The molecule has 2 aromatic carbocycles. The molecule has 158 valence electrons. The first kappa shape index (κ1) is 22.1. The van der Waals surface area contributed by atoms with Gasteiger partial charge in [-0.05, 0) is 36.4 Å². The molecule has 0 fully saturated rings. The number of pyridine rings is 1. The molecule has 31 heavy (non-hydrogen) atoms. The van der Waals surface area contributed by atoms with Crippen LogP contribution in [0.2, 0.25) is 5.02 Å². The fourth-order valence-electron chi connectivity index (χ4n) is 2.99. The van der Waals surface area contributed by atoms with Crippen molar-refractivity contribution in [3.8, 4) is 22.9 Å². The van der Waals surface area contributed by atoms with Gasteiger partial charge in [-0.1, -0.05) is 23.7 Å². The van der Waals surface area contributed by atoms with Crippen LogP contribution in [0.25, 0.3) is 11.1 Å². The lowest BCUT2D eigenvalue weighted by Gasteiger charge is -2.20. The smallest absolute Gasteiger partial charge is 0.433 e. The molecule has 0 bridgehead atoms. The van der Waals surface area contributed by atoms with Gasteiger partial charge in [0.05, 0.1) is 24.4 Å². The Morgan fingerprint density at radius 1 is 1.16 bits per heavy atom. The number of halogens is 4. The first-order valence-electron chi connectivity index (χ1n) is 8.85. The summed E-state index contributed by atoms with van der Waals surface area (Å²) in [6.45, 7) is 0. The van der Waals surface area contributed by atoms with Crippen LogP contribution >= 0.6 is 11.6 Å². The maximum absolute atomic E-state index is 13.0. The maximum Gasteiger partial charge on any atom is 0.433 e. The number of carbonyl (C=O) groups excluding carboxylic acids is 1. The number of amides is 1. The zero-order valence-corrected chi connectivity index (χ0v) is 17.1. The van der Waals surface area contributed by atoms with Crippen molar-refractivity contribution >= 4 is 23.2 Å². The summed E-state index contributed by atoms with van der Waals surface area (Å²) in [7, 11) is 3.05. The Kier molecular flexibility index (Phi) is 6.18. The molecule has 0 saturated carbocycles. The van der Waals surface area contributed by atoms with Gasteiger partial charge in [-0.3, -0.25) is 9.78 Å². The highest BCUT2D eigenvalue weighted by atomic mass is 35.5. The quantitative estimate of drug-likeness (QED) is 0.526. The van der Waals surface area contributed by atoms with E-state index in [-0.39, 0.29) is 27.3 Å². The van der Waals surface area contributed by atoms with Crippen LogP contribution in [-0.2, 0) is 6.18 Å². The number of hydrogen-bond donors (Lipinski definition) is 0. The minimum absolute atomic E-state index is 0.0927. The van der Waals surface area contributed by atoms with Gasteiger partial charge < -0.3 is 9.64 Å². The molecular formula is C22H15ClF3N3O2. The molecule has 0 aliphatic rings. The fraction of sp³-hybridized carbons (Fsp3) is 0.136. The summed E-state index contributed by atoms with van der Waals surface area (Å²) in [5.41, 5.74) is -0.384. The van der Waals surface area contributed by atoms with Crippen molar-refractivity contribution in [2.45, 2.75) is 6.18 Å². The molecule has 3 rings (SSSR count). The monoisotopic (exact) mass is 445 g/mol. The predicted octanol–water partition coefficient (Wildman–Crippen LogP) is 5.58. The van der Waals surface area contributed by atoms with Gasteiger partial charge in [-0.15, -0.1) is 0 Å². The number of alkyl halides is 3. The van der Waals surface area contributed by atoms with E-state index >= 15 is 0 Å². The highest BCUT2D eigenvalue weighted by Crippen LogP contribution is 2.35. The zero-order valence-electron chi connectivity index (χ0n) is 16.4. The van der Waals surface area contributed by atoms with E-state index in [1.807, 2.05) is 0 Å². The molecule has 1 amide bonds. The van der Waals surface area contributed by atoms with Crippen molar-refractivity contribution in [2.24, 2.45) is 0 Å². The van der Waals surface area contributed by atoms with Gasteiger partial charge in [-0.25, -0.2) is 0 Å². The standard InChI is InChI=1S/C22H15ClF3N3O2/c1-29(18-5-3-4-6-19(18)31-2)21(30)13-7-8-17(23)15(9-13)16-12-28-20(22(24,25)26)10-14(16)11-27/h3-10,12H,1-2H3. The van der Waals surface area contributed by atoms with E-state index in [0.29, 0.717) is 17.5 Å². The van der Waals surface area contributed by atoms with E-state index in [2.05, 4.69) is 4.98 Å². The van der Waals surface area contributed by atoms with E-state index < -0.39 is 17.8 Å². The molecule has 0 spiro atoms. The number of carbonyl (C=O) groups is 1. The fourth-order valence-corrected chi connectivity index (χ4v) is 3.21. The predicted molar refractivity (Wildman–Crippen MR) is 110 cm³/mol. The van der Waals surface area contributed by atoms with E-state index in [1.54, 1.807) is 37.4 Å². The topological polar surface area (TPSA) is 66.2 Å². The lowest BCUT2D eigenvalue weighted by Crippen LogP contribution is -2.26. The van der Waals surface area contributed by atoms with Gasteiger partial charge in [0.2, 0.25) is 0 Å². The second-order valence-corrected chi connectivity index (χ2v) is 6.86. The molecule has 0 saturated heterocycles. The molecule has 5 nitrogen and oxygen atoms in total. The number of aromatic nitrogens is 1. The van der Waals surface area contributed by atoms with Crippen LogP contribution in [-0.4, -0.2) is 25.0 Å². The molecule has 0 atom stereocenters. The number of nitriles is 1. The average Bonchev–Trinajstić information content (AvgIpc) is 2.77. The number of benzene rings is 2. The Hall–Kier alpha value is -3.57. The highest BCUT2D eigenvalue weighted by Gasteiger charge is 2.33. The number of nitrogens with zero attached hydrogens (tertiary/aromatic N) is 3. The van der Waals surface area contributed by atoms with E-state index in [4.69, 9.17) is 16.3 Å². The minimum Gasteiger partial charge on any atom is -0.495 e. The summed E-state index contributed by atoms with van der Waals surface area (Å²) in [5.74, 6) is 0.0899. The Balaban J connectivity index is 2.05. The van der Waals surface area contributed by atoms with Crippen LogP contribution in [0, 0.1) is 11.3 Å². The molecule has 3 aromatic rings. The maximum atomic E-state index is 13.0. The van der Waals surface area contributed by atoms with E-state index in [9.17, 15) is 23.2 Å². The molecule has 9 heteroatoms. The van der Waals surface area contributed by atoms with Gasteiger partial charge in [-0.2, -0.15) is 18.4 Å². The van der Waals surface area contributed by atoms with Crippen LogP contribution < -0.4 is 9.64 Å². The van der Waals surface area contributed by atoms with Crippen molar-refractivity contribution in [3.05, 3.63) is 76.6 Å². The number of methoxy groups -OCH3 is 1. The minimum atomic E-state index is -4.69.